The third-order valence-corrected chi connectivity index (χ3v) is 3.78. The molecule has 0 unspecified atom stereocenters. The molecule has 4 nitrogen and oxygen atoms in total. The van der Waals surface area contributed by atoms with Crippen LogP contribution in [0.4, 0.5) is 5.69 Å². The molecule has 1 aliphatic heterocycles. The second-order valence-corrected chi connectivity index (χ2v) is 5.39. The summed E-state index contributed by atoms with van der Waals surface area (Å²) in [6.07, 6.45) is 0. The lowest BCUT2D eigenvalue weighted by Crippen LogP contribution is -1.96. The summed E-state index contributed by atoms with van der Waals surface area (Å²) in [5, 5.41) is 0. The number of nitrogens with two attached hydrogens (primary N) is 1. The normalized spacial score (nSPS) is 12.7. The Morgan fingerprint density at radius 2 is 1.90 bits per heavy atom. The summed E-state index contributed by atoms with van der Waals surface area (Å²) in [6.45, 7) is 1.33. The number of nitrogen functional groups attached to an aromatic ring is 1. The van der Waals surface area contributed by atoms with Crippen molar-refractivity contribution in [2.24, 2.45) is 0 Å². The Labute approximate surface area is 125 Å². The summed E-state index contributed by atoms with van der Waals surface area (Å²) in [5.74, 6) is 1.56. The van der Waals surface area contributed by atoms with Crippen LogP contribution in [0.3, 0.4) is 0 Å². The Hall–Kier alpha value is -1.72. The van der Waals surface area contributed by atoms with Gasteiger partial charge in [0, 0.05) is 10.2 Å². The number of rotatable bonds is 4. The second kappa shape index (κ2) is 5.73. The van der Waals surface area contributed by atoms with Crippen LogP contribution in [0.15, 0.2) is 40.9 Å². The summed E-state index contributed by atoms with van der Waals surface area (Å²) in [7, 11) is 0. The van der Waals surface area contributed by atoms with Crippen molar-refractivity contribution in [3.63, 3.8) is 0 Å². The molecule has 0 aliphatic carbocycles. The third kappa shape index (κ3) is 2.89. The molecule has 104 valence electrons. The van der Waals surface area contributed by atoms with Gasteiger partial charge >= 0.3 is 0 Å². The van der Waals surface area contributed by atoms with Crippen molar-refractivity contribution in [2.75, 3.05) is 12.5 Å². The summed E-state index contributed by atoms with van der Waals surface area (Å²) in [4.78, 5) is 0. The highest BCUT2D eigenvalue weighted by Crippen LogP contribution is 2.32. The number of benzene rings is 2. The molecule has 0 saturated heterocycles. The summed E-state index contributed by atoms with van der Waals surface area (Å²) in [6, 6.07) is 11.5. The van der Waals surface area contributed by atoms with E-state index in [0.717, 1.165) is 32.8 Å². The number of halogens is 1. The van der Waals surface area contributed by atoms with Gasteiger partial charge in [-0.25, -0.2) is 0 Å². The first-order valence-corrected chi connectivity index (χ1v) is 7.02. The summed E-state index contributed by atoms with van der Waals surface area (Å²) < 4.78 is 17.3. The van der Waals surface area contributed by atoms with E-state index < -0.39 is 0 Å². The van der Waals surface area contributed by atoms with Crippen LogP contribution in [0, 0.1) is 0 Å². The zero-order valence-corrected chi connectivity index (χ0v) is 12.4. The van der Waals surface area contributed by atoms with E-state index in [0.29, 0.717) is 13.2 Å². The lowest BCUT2D eigenvalue weighted by Gasteiger charge is -2.08. The highest BCUT2D eigenvalue weighted by molar-refractivity contribution is 9.10. The maximum atomic E-state index is 5.72. The van der Waals surface area contributed by atoms with Crippen LogP contribution in [-0.4, -0.2) is 6.79 Å². The second-order valence-electron chi connectivity index (χ2n) is 4.53. The van der Waals surface area contributed by atoms with E-state index in [4.69, 9.17) is 19.9 Å². The predicted octanol–water partition coefficient (Wildman–Crippen LogP) is 3.48. The number of hydrogen-bond donors (Lipinski definition) is 1. The Morgan fingerprint density at radius 1 is 1.05 bits per heavy atom. The van der Waals surface area contributed by atoms with Gasteiger partial charge in [-0.05, 0) is 35.4 Å². The molecule has 0 atom stereocenters. The topological polar surface area (TPSA) is 53.7 Å². The highest BCUT2D eigenvalue weighted by Gasteiger charge is 2.13. The highest BCUT2D eigenvalue weighted by atomic mass is 79.9. The Kier molecular flexibility index (Phi) is 3.80. The van der Waals surface area contributed by atoms with Crippen LogP contribution in [0.2, 0.25) is 0 Å². The predicted molar refractivity (Wildman–Crippen MR) is 79.6 cm³/mol. The van der Waals surface area contributed by atoms with Crippen molar-refractivity contribution in [1.29, 1.82) is 0 Å². The molecule has 2 aromatic carbocycles. The first-order valence-electron chi connectivity index (χ1n) is 6.22. The average molecular weight is 336 g/mol. The van der Waals surface area contributed by atoms with Gasteiger partial charge in [-0.1, -0.05) is 28.1 Å². The fraction of sp³-hybridized carbons (Fsp3) is 0.200. The van der Waals surface area contributed by atoms with Crippen molar-refractivity contribution >= 4 is 21.6 Å². The first kappa shape index (κ1) is 13.3. The molecule has 0 saturated carbocycles. The van der Waals surface area contributed by atoms with Gasteiger partial charge in [-0.3, -0.25) is 0 Å². The molecule has 0 aromatic heterocycles. The van der Waals surface area contributed by atoms with Crippen molar-refractivity contribution < 1.29 is 14.2 Å². The first-order chi connectivity index (χ1) is 9.72. The van der Waals surface area contributed by atoms with E-state index in [2.05, 4.69) is 15.9 Å². The Balaban J connectivity index is 1.60. The summed E-state index contributed by atoms with van der Waals surface area (Å²) in [5.41, 5.74) is 8.56. The molecule has 1 aliphatic rings. The molecule has 1 heterocycles. The average Bonchev–Trinajstić information content (AvgIpc) is 2.89. The molecule has 0 amide bonds. The maximum Gasteiger partial charge on any atom is 0.231 e. The fourth-order valence-electron chi connectivity index (χ4n) is 1.99. The van der Waals surface area contributed by atoms with E-state index in [1.807, 2.05) is 36.4 Å². The van der Waals surface area contributed by atoms with Gasteiger partial charge in [-0.2, -0.15) is 0 Å². The van der Waals surface area contributed by atoms with E-state index in [1.54, 1.807) is 0 Å². The number of fused-ring (bicyclic) bond motifs is 1. The minimum atomic E-state index is 0.290. The molecule has 0 bridgehead atoms. The number of ether oxygens (including phenoxy) is 3. The zero-order chi connectivity index (χ0) is 13.9. The van der Waals surface area contributed by atoms with E-state index in [1.165, 1.54) is 0 Å². The lowest BCUT2D eigenvalue weighted by molar-refractivity contribution is 0.106. The molecule has 0 spiro atoms. The smallest absolute Gasteiger partial charge is 0.231 e. The van der Waals surface area contributed by atoms with Crippen LogP contribution >= 0.6 is 15.9 Å². The molecule has 20 heavy (non-hydrogen) atoms. The number of anilines is 1. The third-order valence-electron chi connectivity index (χ3n) is 3.04. The zero-order valence-electron chi connectivity index (χ0n) is 10.8. The van der Waals surface area contributed by atoms with Crippen LogP contribution < -0.4 is 15.2 Å². The van der Waals surface area contributed by atoms with E-state index in [-0.39, 0.29) is 6.79 Å². The Bertz CT molecular complexity index is 631. The maximum absolute atomic E-state index is 5.72. The van der Waals surface area contributed by atoms with Crippen LogP contribution in [0.1, 0.15) is 11.1 Å². The monoisotopic (exact) mass is 335 g/mol. The number of hydrogen-bond acceptors (Lipinski definition) is 4. The minimum Gasteiger partial charge on any atom is -0.454 e. The van der Waals surface area contributed by atoms with Gasteiger partial charge in [0.15, 0.2) is 11.5 Å². The van der Waals surface area contributed by atoms with Gasteiger partial charge in [0.05, 0.1) is 13.2 Å². The minimum absolute atomic E-state index is 0.290. The summed E-state index contributed by atoms with van der Waals surface area (Å²) >= 11 is 3.48. The van der Waals surface area contributed by atoms with Crippen molar-refractivity contribution in [2.45, 2.75) is 13.2 Å². The molecule has 2 N–H and O–H groups in total. The van der Waals surface area contributed by atoms with Crippen LogP contribution in [0.5, 0.6) is 11.5 Å². The van der Waals surface area contributed by atoms with Crippen LogP contribution in [-0.2, 0) is 18.0 Å². The molecular formula is C15H14BrNO3. The molecule has 5 heteroatoms. The van der Waals surface area contributed by atoms with Gasteiger partial charge in [0.25, 0.3) is 0 Å². The van der Waals surface area contributed by atoms with Crippen molar-refractivity contribution in [3.8, 4) is 11.5 Å². The van der Waals surface area contributed by atoms with E-state index in [9.17, 15) is 0 Å². The van der Waals surface area contributed by atoms with Gasteiger partial charge in [-0.15, -0.1) is 0 Å². The molecular weight excluding hydrogens is 322 g/mol. The molecule has 0 fully saturated rings. The molecule has 3 rings (SSSR count). The van der Waals surface area contributed by atoms with Gasteiger partial charge in [0.1, 0.15) is 0 Å². The van der Waals surface area contributed by atoms with Gasteiger partial charge < -0.3 is 19.9 Å². The SMILES string of the molecule is Nc1ccc(COCc2ccc3c(c2)OCO3)c(Br)c1. The van der Waals surface area contributed by atoms with E-state index >= 15 is 0 Å². The lowest BCUT2D eigenvalue weighted by atomic mass is 10.2. The molecule has 0 radical (unpaired) electrons. The van der Waals surface area contributed by atoms with Crippen LogP contribution in [0.25, 0.3) is 0 Å². The van der Waals surface area contributed by atoms with Crippen molar-refractivity contribution in [3.05, 3.63) is 52.0 Å². The standard InChI is InChI=1S/C15H14BrNO3/c16-13-6-12(17)3-2-11(13)8-18-7-10-1-4-14-15(5-10)20-9-19-14/h1-6H,7-9,17H2. The quantitative estimate of drug-likeness (QED) is 0.869. The van der Waals surface area contributed by atoms with Crippen molar-refractivity contribution in [1.82, 2.24) is 0 Å². The van der Waals surface area contributed by atoms with Gasteiger partial charge in [0.2, 0.25) is 6.79 Å². The molecule has 2 aromatic rings. The Morgan fingerprint density at radius 3 is 2.75 bits per heavy atom. The fourth-order valence-corrected chi connectivity index (χ4v) is 2.50. The largest absolute Gasteiger partial charge is 0.454 e.